The zero-order valence-electron chi connectivity index (χ0n) is 21.7. The fourth-order valence-corrected chi connectivity index (χ4v) is 5.36. The van der Waals surface area contributed by atoms with Crippen molar-refractivity contribution in [2.24, 2.45) is 7.05 Å². The van der Waals surface area contributed by atoms with Crippen LogP contribution in [0.15, 0.2) is 67.8 Å². The molecule has 0 atom stereocenters. The van der Waals surface area contributed by atoms with Gasteiger partial charge in [-0.2, -0.15) is 15.3 Å². The van der Waals surface area contributed by atoms with E-state index in [2.05, 4.69) is 48.6 Å². The Morgan fingerprint density at radius 1 is 0.974 bits per heavy atom. The third kappa shape index (κ3) is 4.26. The summed E-state index contributed by atoms with van der Waals surface area (Å²) in [4.78, 5) is 23.3. The summed E-state index contributed by atoms with van der Waals surface area (Å²) in [5.74, 6) is -0.218. The number of amides is 1. The molecule has 11 heteroatoms. The molecule has 11 nitrogen and oxygen atoms in total. The zero-order valence-corrected chi connectivity index (χ0v) is 21.7. The highest BCUT2D eigenvalue weighted by Gasteiger charge is 2.20. The van der Waals surface area contributed by atoms with Gasteiger partial charge in [-0.3, -0.25) is 14.2 Å². The Kier molecular flexibility index (Phi) is 5.51. The third-order valence-electron chi connectivity index (χ3n) is 7.56. The number of fused-ring (bicyclic) bond motifs is 2. The van der Waals surface area contributed by atoms with Gasteiger partial charge in [0.05, 0.1) is 41.4 Å². The summed E-state index contributed by atoms with van der Waals surface area (Å²) in [6.07, 6.45) is 16.9. The number of rotatable bonds is 5. The Hall–Kier alpha value is -4.77. The number of H-pyrrole nitrogens is 1. The number of hydrogen-bond acceptors (Lipinski definition) is 6. The van der Waals surface area contributed by atoms with E-state index < -0.39 is 0 Å². The summed E-state index contributed by atoms with van der Waals surface area (Å²) in [5.41, 5.74) is 6.82. The fourth-order valence-electron chi connectivity index (χ4n) is 5.36. The molecule has 0 radical (unpaired) electrons. The Labute approximate surface area is 224 Å². The summed E-state index contributed by atoms with van der Waals surface area (Å²) < 4.78 is 5.60. The number of anilines is 1. The van der Waals surface area contributed by atoms with E-state index in [-0.39, 0.29) is 5.91 Å². The van der Waals surface area contributed by atoms with Crippen molar-refractivity contribution in [2.45, 2.75) is 18.9 Å². The topological polar surface area (TPSA) is 114 Å². The number of piperidine rings is 1. The van der Waals surface area contributed by atoms with E-state index in [9.17, 15) is 4.79 Å². The van der Waals surface area contributed by atoms with Gasteiger partial charge in [0, 0.05) is 60.1 Å². The number of carbonyl (C=O) groups excluding carboxylic acids is 1. The van der Waals surface area contributed by atoms with Crippen molar-refractivity contribution >= 4 is 28.1 Å². The van der Waals surface area contributed by atoms with Gasteiger partial charge in [-0.1, -0.05) is 0 Å². The number of aryl methyl sites for hydroxylation is 1. The number of nitrogens with one attached hydrogen (secondary N) is 2. The lowest BCUT2D eigenvalue weighted by Crippen LogP contribution is -2.31. The van der Waals surface area contributed by atoms with Crippen molar-refractivity contribution in [3.05, 3.63) is 73.3 Å². The van der Waals surface area contributed by atoms with Gasteiger partial charge < -0.3 is 15.2 Å². The van der Waals surface area contributed by atoms with Crippen LogP contribution < -0.4 is 5.32 Å². The second kappa shape index (κ2) is 9.21. The van der Waals surface area contributed by atoms with E-state index in [4.69, 9.17) is 0 Å². The van der Waals surface area contributed by atoms with E-state index >= 15 is 0 Å². The fraction of sp³-hybridized carbons (Fsp3) is 0.250. The molecule has 0 unspecified atom stereocenters. The average Bonchev–Trinajstić information content (AvgIpc) is 3.74. The molecule has 196 valence electrons. The quantitative estimate of drug-likeness (QED) is 0.355. The van der Waals surface area contributed by atoms with Crippen LogP contribution >= 0.6 is 0 Å². The van der Waals surface area contributed by atoms with Crippen molar-refractivity contribution in [3.8, 4) is 22.3 Å². The number of carbonyl (C=O) groups is 1. The maximum Gasteiger partial charge on any atom is 0.257 e. The zero-order chi connectivity index (χ0) is 26.5. The van der Waals surface area contributed by atoms with Crippen LogP contribution in [0.25, 0.3) is 38.8 Å². The second-order valence-corrected chi connectivity index (χ2v) is 10.2. The van der Waals surface area contributed by atoms with Crippen LogP contribution in [0.2, 0.25) is 0 Å². The lowest BCUT2D eigenvalue weighted by molar-refractivity contribution is 0.102. The molecule has 1 aliphatic heterocycles. The molecule has 0 spiro atoms. The molecule has 6 aromatic heterocycles. The molecule has 1 saturated heterocycles. The molecule has 7 rings (SSSR count). The number of pyridine rings is 2. The van der Waals surface area contributed by atoms with Crippen molar-refractivity contribution in [2.75, 3.05) is 25.5 Å². The van der Waals surface area contributed by atoms with Crippen LogP contribution in [0.3, 0.4) is 0 Å². The Morgan fingerprint density at radius 2 is 1.85 bits per heavy atom. The number of hydrogen-bond donors (Lipinski definition) is 2. The van der Waals surface area contributed by atoms with Crippen LogP contribution in [0.1, 0.15) is 29.2 Å². The van der Waals surface area contributed by atoms with Crippen LogP contribution in [-0.4, -0.2) is 70.1 Å². The lowest BCUT2D eigenvalue weighted by atomic mass is 10.0. The minimum Gasteiger partial charge on any atom is -0.346 e. The molecule has 7 heterocycles. The average molecular weight is 521 g/mol. The molecule has 1 fully saturated rings. The van der Waals surface area contributed by atoms with Gasteiger partial charge in [-0.05, 0) is 56.7 Å². The molecular weight excluding hydrogens is 492 g/mol. The summed E-state index contributed by atoms with van der Waals surface area (Å²) in [6, 6.07) is 6.36. The van der Waals surface area contributed by atoms with E-state index in [0.29, 0.717) is 17.3 Å². The van der Waals surface area contributed by atoms with Gasteiger partial charge >= 0.3 is 0 Å². The molecular formula is C28H28N10O. The highest BCUT2D eigenvalue weighted by molar-refractivity contribution is 6.07. The van der Waals surface area contributed by atoms with Crippen LogP contribution in [0.5, 0.6) is 0 Å². The smallest absolute Gasteiger partial charge is 0.257 e. The lowest BCUT2D eigenvalue weighted by Gasteiger charge is -2.28. The standard InChI is InChI=1S/C28H28N10O/c1-35-6-4-22(5-7-35)38-17-21(13-32-38)34-28(39)19-9-23-24(14-30-27(23)29-11-19)18-3-8-37-26(10-18)25(15-33-37)20-12-31-36(2)16-20/h3,8-17,22H,4-7H2,1-2H3,(H,29,30)(H,34,39). The molecule has 0 saturated carbocycles. The first-order valence-electron chi connectivity index (χ1n) is 13.0. The Balaban J connectivity index is 1.17. The first-order valence-corrected chi connectivity index (χ1v) is 13.0. The minimum atomic E-state index is -0.218. The molecule has 0 aromatic carbocycles. The largest absolute Gasteiger partial charge is 0.346 e. The molecule has 1 aliphatic rings. The first-order chi connectivity index (χ1) is 19.0. The highest BCUT2D eigenvalue weighted by atomic mass is 16.1. The van der Waals surface area contributed by atoms with Gasteiger partial charge in [0.15, 0.2) is 0 Å². The van der Waals surface area contributed by atoms with Gasteiger partial charge in [-0.15, -0.1) is 0 Å². The molecule has 6 aromatic rings. The highest BCUT2D eigenvalue weighted by Crippen LogP contribution is 2.32. The van der Waals surface area contributed by atoms with E-state index in [1.807, 2.05) is 65.6 Å². The third-order valence-corrected chi connectivity index (χ3v) is 7.56. The predicted octanol–water partition coefficient (Wildman–Crippen LogP) is 3.99. The Bertz CT molecular complexity index is 1810. The van der Waals surface area contributed by atoms with E-state index in [1.54, 1.807) is 17.1 Å². The van der Waals surface area contributed by atoms with Gasteiger partial charge in [0.1, 0.15) is 5.65 Å². The number of aromatic amines is 1. The van der Waals surface area contributed by atoms with E-state index in [1.165, 1.54) is 0 Å². The first kappa shape index (κ1) is 23.4. The molecule has 0 aliphatic carbocycles. The maximum atomic E-state index is 13.2. The number of nitrogens with zero attached hydrogens (tertiary/aromatic N) is 8. The van der Waals surface area contributed by atoms with Gasteiger partial charge in [-0.25, -0.2) is 9.50 Å². The van der Waals surface area contributed by atoms with Crippen molar-refractivity contribution in [1.29, 1.82) is 0 Å². The summed E-state index contributed by atoms with van der Waals surface area (Å²) in [6.45, 7) is 2.10. The SMILES string of the molecule is CN1CCC(n2cc(NC(=O)c3cnc4[nH]cc(-c5ccn6ncc(-c7cnn(C)c7)c6c5)c4c3)cn2)CC1. The van der Waals surface area contributed by atoms with Crippen molar-refractivity contribution in [1.82, 2.24) is 44.0 Å². The van der Waals surface area contributed by atoms with Crippen molar-refractivity contribution < 1.29 is 4.79 Å². The van der Waals surface area contributed by atoms with Gasteiger partial charge in [0.2, 0.25) is 0 Å². The minimum absolute atomic E-state index is 0.218. The van der Waals surface area contributed by atoms with Crippen LogP contribution in [-0.2, 0) is 7.05 Å². The molecule has 2 N–H and O–H groups in total. The summed E-state index contributed by atoms with van der Waals surface area (Å²) in [7, 11) is 4.04. The van der Waals surface area contributed by atoms with Crippen molar-refractivity contribution in [3.63, 3.8) is 0 Å². The number of likely N-dealkylation sites (tertiary alicyclic amines) is 1. The summed E-state index contributed by atoms with van der Waals surface area (Å²) in [5, 5.41) is 17.2. The molecule has 39 heavy (non-hydrogen) atoms. The van der Waals surface area contributed by atoms with Gasteiger partial charge in [0.25, 0.3) is 5.91 Å². The van der Waals surface area contributed by atoms with Crippen LogP contribution in [0.4, 0.5) is 5.69 Å². The van der Waals surface area contributed by atoms with E-state index in [0.717, 1.165) is 64.7 Å². The van der Waals surface area contributed by atoms with Crippen LogP contribution in [0, 0.1) is 0 Å². The number of aromatic nitrogens is 8. The summed E-state index contributed by atoms with van der Waals surface area (Å²) >= 11 is 0. The monoisotopic (exact) mass is 520 g/mol. The maximum absolute atomic E-state index is 13.2. The normalized spacial score (nSPS) is 14.9. The molecule has 0 bridgehead atoms. The predicted molar refractivity (Wildman–Crippen MR) is 148 cm³/mol. The Morgan fingerprint density at radius 3 is 2.67 bits per heavy atom. The molecule has 1 amide bonds. The second-order valence-electron chi connectivity index (χ2n) is 10.2.